The minimum Gasteiger partial charge on any atom is -0.392 e. The molecule has 0 aliphatic heterocycles. The topological polar surface area (TPSA) is 32.3 Å². The second-order valence-corrected chi connectivity index (χ2v) is 5.29. The molecule has 0 bridgehead atoms. The third-order valence-corrected chi connectivity index (χ3v) is 4.37. The van der Waals surface area contributed by atoms with Crippen LogP contribution in [-0.4, -0.2) is 23.3 Å². The van der Waals surface area contributed by atoms with Crippen LogP contribution in [0.1, 0.15) is 46.0 Å². The molecular formula is C12H23NO. The fourth-order valence-electron chi connectivity index (χ4n) is 3.01. The van der Waals surface area contributed by atoms with E-state index in [9.17, 15) is 5.11 Å². The number of rotatable bonds is 2. The standard InChI is InChI=1S/C12H23NO/c1-8-6-7-10(9(8)2)13-11-4-3-5-12(11)14/h8-14H,3-7H2,1-2H3/t8?,9?,10?,11-,12-/m0/s1. The van der Waals surface area contributed by atoms with Gasteiger partial charge >= 0.3 is 0 Å². The van der Waals surface area contributed by atoms with Gasteiger partial charge in [-0.2, -0.15) is 0 Å². The molecule has 0 amide bonds. The molecule has 82 valence electrons. The van der Waals surface area contributed by atoms with Crippen LogP contribution in [0.4, 0.5) is 0 Å². The first kappa shape index (κ1) is 10.4. The Kier molecular flexibility index (Phi) is 3.13. The third-order valence-electron chi connectivity index (χ3n) is 4.37. The zero-order valence-electron chi connectivity index (χ0n) is 9.37. The van der Waals surface area contributed by atoms with Gasteiger partial charge in [0.05, 0.1) is 6.10 Å². The first-order valence-corrected chi connectivity index (χ1v) is 6.12. The fraction of sp³-hybridized carbons (Fsp3) is 1.00. The van der Waals surface area contributed by atoms with E-state index in [2.05, 4.69) is 19.2 Å². The summed E-state index contributed by atoms with van der Waals surface area (Å²) in [5.41, 5.74) is 0. The molecule has 0 saturated heterocycles. The van der Waals surface area contributed by atoms with Gasteiger partial charge in [-0.15, -0.1) is 0 Å². The SMILES string of the molecule is CC1CCC(N[C@H]2CCC[C@@H]2O)C1C. The molecule has 2 heteroatoms. The highest BCUT2D eigenvalue weighted by molar-refractivity contribution is 4.91. The van der Waals surface area contributed by atoms with Crippen molar-refractivity contribution in [2.24, 2.45) is 11.8 Å². The molecule has 2 saturated carbocycles. The minimum absolute atomic E-state index is 0.0851. The Morgan fingerprint density at radius 3 is 2.29 bits per heavy atom. The second kappa shape index (κ2) is 4.19. The van der Waals surface area contributed by atoms with E-state index in [0.717, 1.165) is 18.3 Å². The predicted molar refractivity (Wildman–Crippen MR) is 58.1 cm³/mol. The maximum Gasteiger partial charge on any atom is 0.0693 e. The van der Waals surface area contributed by atoms with Crippen LogP contribution in [0, 0.1) is 11.8 Å². The largest absolute Gasteiger partial charge is 0.392 e. The maximum absolute atomic E-state index is 9.74. The molecule has 2 aliphatic rings. The first-order valence-electron chi connectivity index (χ1n) is 6.12. The Bertz CT molecular complexity index is 195. The van der Waals surface area contributed by atoms with Gasteiger partial charge in [0.25, 0.3) is 0 Å². The Morgan fingerprint density at radius 2 is 1.79 bits per heavy atom. The second-order valence-electron chi connectivity index (χ2n) is 5.29. The molecule has 14 heavy (non-hydrogen) atoms. The van der Waals surface area contributed by atoms with Crippen LogP contribution in [0.5, 0.6) is 0 Å². The lowest BCUT2D eigenvalue weighted by molar-refractivity contribution is 0.138. The van der Waals surface area contributed by atoms with Crippen molar-refractivity contribution in [2.75, 3.05) is 0 Å². The van der Waals surface area contributed by atoms with Gasteiger partial charge in [-0.1, -0.05) is 13.8 Å². The van der Waals surface area contributed by atoms with Gasteiger partial charge in [-0.25, -0.2) is 0 Å². The molecule has 2 fully saturated rings. The van der Waals surface area contributed by atoms with E-state index in [1.54, 1.807) is 0 Å². The summed E-state index contributed by atoms with van der Waals surface area (Å²) in [6.07, 6.45) is 5.91. The van der Waals surface area contributed by atoms with Gasteiger partial charge in [0, 0.05) is 12.1 Å². The summed E-state index contributed by atoms with van der Waals surface area (Å²) in [4.78, 5) is 0. The average Bonchev–Trinajstić information content (AvgIpc) is 2.68. The van der Waals surface area contributed by atoms with E-state index in [0.29, 0.717) is 12.1 Å². The van der Waals surface area contributed by atoms with Gasteiger partial charge in [-0.05, 0) is 43.9 Å². The summed E-state index contributed by atoms with van der Waals surface area (Å²) < 4.78 is 0. The maximum atomic E-state index is 9.74. The van der Waals surface area contributed by atoms with Crippen LogP contribution in [0.2, 0.25) is 0 Å². The molecule has 0 spiro atoms. The van der Waals surface area contributed by atoms with E-state index in [1.165, 1.54) is 25.7 Å². The highest BCUT2D eigenvalue weighted by Crippen LogP contribution is 2.32. The molecule has 2 nitrogen and oxygen atoms in total. The highest BCUT2D eigenvalue weighted by Gasteiger charge is 2.34. The third kappa shape index (κ3) is 1.96. The van der Waals surface area contributed by atoms with Crippen molar-refractivity contribution in [1.29, 1.82) is 0 Å². The smallest absolute Gasteiger partial charge is 0.0693 e. The Balaban J connectivity index is 1.85. The van der Waals surface area contributed by atoms with Gasteiger partial charge < -0.3 is 10.4 Å². The summed E-state index contributed by atoms with van der Waals surface area (Å²) in [6.45, 7) is 4.69. The van der Waals surface area contributed by atoms with Gasteiger partial charge in [0.1, 0.15) is 0 Å². The molecule has 5 atom stereocenters. The monoisotopic (exact) mass is 197 g/mol. The fourth-order valence-corrected chi connectivity index (χ4v) is 3.01. The number of hydrogen-bond acceptors (Lipinski definition) is 2. The summed E-state index contributed by atoms with van der Waals surface area (Å²) in [5, 5.41) is 13.4. The van der Waals surface area contributed by atoms with Crippen molar-refractivity contribution in [3.63, 3.8) is 0 Å². The van der Waals surface area contributed by atoms with Crippen LogP contribution < -0.4 is 5.32 Å². The molecule has 2 aliphatic carbocycles. The first-order chi connectivity index (χ1) is 6.68. The van der Waals surface area contributed by atoms with Crippen LogP contribution in [0.3, 0.4) is 0 Å². The van der Waals surface area contributed by atoms with E-state index >= 15 is 0 Å². The van der Waals surface area contributed by atoms with E-state index < -0.39 is 0 Å². The normalized spacial score (nSPS) is 48.6. The van der Waals surface area contributed by atoms with Crippen LogP contribution in [0.15, 0.2) is 0 Å². The number of hydrogen-bond donors (Lipinski definition) is 2. The average molecular weight is 197 g/mol. The Hall–Kier alpha value is -0.0800. The molecule has 0 radical (unpaired) electrons. The summed E-state index contributed by atoms with van der Waals surface area (Å²) >= 11 is 0. The van der Waals surface area contributed by atoms with Crippen LogP contribution in [-0.2, 0) is 0 Å². The van der Waals surface area contributed by atoms with E-state index in [4.69, 9.17) is 0 Å². The van der Waals surface area contributed by atoms with Crippen molar-refractivity contribution in [2.45, 2.75) is 64.1 Å². The zero-order valence-corrected chi connectivity index (χ0v) is 9.37. The molecule has 2 N–H and O–H groups in total. The quantitative estimate of drug-likeness (QED) is 0.709. The van der Waals surface area contributed by atoms with Gasteiger partial charge in [0.15, 0.2) is 0 Å². The van der Waals surface area contributed by atoms with Crippen molar-refractivity contribution >= 4 is 0 Å². The van der Waals surface area contributed by atoms with Crippen LogP contribution >= 0.6 is 0 Å². The number of nitrogens with one attached hydrogen (secondary N) is 1. The minimum atomic E-state index is -0.0851. The molecular weight excluding hydrogens is 174 g/mol. The van der Waals surface area contributed by atoms with Crippen molar-refractivity contribution in [1.82, 2.24) is 5.32 Å². The predicted octanol–water partition coefficient (Wildman–Crippen LogP) is 1.92. The summed E-state index contributed by atoms with van der Waals surface area (Å²) in [7, 11) is 0. The lowest BCUT2D eigenvalue weighted by Crippen LogP contribution is -2.44. The van der Waals surface area contributed by atoms with Crippen LogP contribution in [0.25, 0.3) is 0 Å². The van der Waals surface area contributed by atoms with Gasteiger partial charge in [0.2, 0.25) is 0 Å². The molecule has 3 unspecified atom stereocenters. The number of aliphatic hydroxyl groups is 1. The summed E-state index contributed by atoms with van der Waals surface area (Å²) in [6, 6.07) is 1.04. The van der Waals surface area contributed by atoms with Crippen molar-refractivity contribution in [3.8, 4) is 0 Å². The lowest BCUT2D eigenvalue weighted by Gasteiger charge is -2.25. The molecule has 0 aromatic heterocycles. The molecule has 0 aromatic carbocycles. The highest BCUT2D eigenvalue weighted by atomic mass is 16.3. The molecule has 2 rings (SSSR count). The molecule has 0 heterocycles. The zero-order chi connectivity index (χ0) is 10.1. The van der Waals surface area contributed by atoms with E-state index in [-0.39, 0.29) is 6.10 Å². The number of aliphatic hydroxyl groups excluding tert-OH is 1. The van der Waals surface area contributed by atoms with E-state index in [1.807, 2.05) is 0 Å². The Morgan fingerprint density at radius 1 is 1.00 bits per heavy atom. The van der Waals surface area contributed by atoms with Crippen molar-refractivity contribution < 1.29 is 5.11 Å². The lowest BCUT2D eigenvalue weighted by atomic mass is 9.97. The summed E-state index contributed by atoms with van der Waals surface area (Å²) in [5.74, 6) is 1.63. The van der Waals surface area contributed by atoms with Crippen molar-refractivity contribution in [3.05, 3.63) is 0 Å². The van der Waals surface area contributed by atoms with Gasteiger partial charge in [-0.3, -0.25) is 0 Å². The Labute approximate surface area is 87.1 Å². The molecule has 0 aromatic rings.